The third-order valence-corrected chi connectivity index (χ3v) is 5.25. The van der Waals surface area contributed by atoms with E-state index in [9.17, 15) is 9.59 Å². The number of benzene rings is 3. The van der Waals surface area contributed by atoms with Crippen LogP contribution in [-0.2, 0) is 16.1 Å². The van der Waals surface area contributed by atoms with Crippen molar-refractivity contribution in [3.8, 4) is 11.1 Å². The predicted octanol–water partition coefficient (Wildman–Crippen LogP) is 4.32. The number of ether oxygens (including phenoxy) is 1. The first-order chi connectivity index (χ1) is 15.6. The van der Waals surface area contributed by atoms with Gasteiger partial charge in [-0.05, 0) is 47.5 Å². The van der Waals surface area contributed by atoms with E-state index < -0.39 is 0 Å². The quantitative estimate of drug-likeness (QED) is 0.440. The van der Waals surface area contributed by atoms with E-state index in [1.54, 1.807) is 19.2 Å². The summed E-state index contributed by atoms with van der Waals surface area (Å²) >= 11 is 0. The number of amides is 2. The van der Waals surface area contributed by atoms with Crippen molar-refractivity contribution in [1.82, 2.24) is 9.88 Å². The summed E-state index contributed by atoms with van der Waals surface area (Å²) in [7, 11) is 1.68. The van der Waals surface area contributed by atoms with E-state index in [2.05, 4.69) is 15.2 Å². The highest BCUT2D eigenvalue weighted by Gasteiger charge is 2.10. The highest BCUT2D eigenvalue weighted by atomic mass is 16.5. The minimum Gasteiger partial charge on any atom is -0.383 e. The monoisotopic (exact) mass is 427 g/mol. The molecule has 0 aliphatic carbocycles. The summed E-state index contributed by atoms with van der Waals surface area (Å²) in [4.78, 5) is 24.7. The molecule has 0 saturated heterocycles. The van der Waals surface area contributed by atoms with Gasteiger partial charge in [0, 0.05) is 42.0 Å². The summed E-state index contributed by atoms with van der Waals surface area (Å²) in [5.74, 6) is -0.567. The number of hydrogen-bond acceptors (Lipinski definition) is 3. The Labute approximate surface area is 186 Å². The van der Waals surface area contributed by atoms with Gasteiger partial charge in [0.1, 0.15) is 0 Å². The highest BCUT2D eigenvalue weighted by Crippen LogP contribution is 2.21. The molecule has 6 heteroatoms. The third-order valence-electron chi connectivity index (χ3n) is 5.25. The van der Waals surface area contributed by atoms with Crippen molar-refractivity contribution in [2.45, 2.75) is 6.54 Å². The van der Waals surface area contributed by atoms with Gasteiger partial charge in [-0.3, -0.25) is 9.59 Å². The lowest BCUT2D eigenvalue weighted by molar-refractivity contribution is -0.115. The zero-order valence-corrected chi connectivity index (χ0v) is 17.9. The Hall–Kier alpha value is -3.90. The van der Waals surface area contributed by atoms with Crippen molar-refractivity contribution in [2.75, 3.05) is 25.6 Å². The van der Waals surface area contributed by atoms with Crippen LogP contribution < -0.4 is 10.6 Å². The Morgan fingerprint density at radius 1 is 0.906 bits per heavy atom. The summed E-state index contributed by atoms with van der Waals surface area (Å²) in [6, 6.07) is 25.0. The molecule has 0 unspecified atom stereocenters. The first kappa shape index (κ1) is 21.3. The summed E-state index contributed by atoms with van der Waals surface area (Å²) in [5.41, 5.74) is 4.40. The van der Waals surface area contributed by atoms with Crippen LogP contribution in [0, 0.1) is 0 Å². The van der Waals surface area contributed by atoms with Gasteiger partial charge in [0.15, 0.2) is 0 Å². The van der Waals surface area contributed by atoms with Crippen LogP contribution >= 0.6 is 0 Å². The number of carbonyl (C=O) groups excluding carboxylic acids is 2. The molecule has 1 heterocycles. The average molecular weight is 428 g/mol. The Morgan fingerprint density at radius 2 is 1.66 bits per heavy atom. The number of nitrogens with zero attached hydrogens (tertiary/aromatic N) is 1. The Kier molecular flexibility index (Phi) is 6.63. The second kappa shape index (κ2) is 9.94. The minimum atomic E-state index is -0.287. The fourth-order valence-electron chi connectivity index (χ4n) is 3.57. The van der Waals surface area contributed by atoms with E-state index in [0.717, 1.165) is 28.6 Å². The summed E-state index contributed by atoms with van der Waals surface area (Å²) in [5, 5.41) is 6.54. The number of methoxy groups -OCH3 is 1. The number of hydrogen-bond donors (Lipinski definition) is 2. The van der Waals surface area contributed by atoms with E-state index in [-0.39, 0.29) is 18.4 Å². The van der Waals surface area contributed by atoms with E-state index in [1.807, 2.05) is 72.9 Å². The van der Waals surface area contributed by atoms with Gasteiger partial charge < -0.3 is 19.9 Å². The molecule has 162 valence electrons. The zero-order valence-electron chi connectivity index (χ0n) is 17.9. The molecule has 2 N–H and O–H groups in total. The van der Waals surface area contributed by atoms with Crippen LogP contribution in [0.15, 0.2) is 85.1 Å². The van der Waals surface area contributed by atoms with Crippen molar-refractivity contribution in [2.24, 2.45) is 0 Å². The normalized spacial score (nSPS) is 10.8. The van der Waals surface area contributed by atoms with Crippen molar-refractivity contribution in [1.29, 1.82) is 0 Å². The standard InChI is InChI=1S/C26H25N3O3/c1-32-16-15-29-14-13-22-17-23(11-12-24(22)29)28-25(30)18-27-26(31)21-9-7-20(8-10-21)19-5-3-2-4-6-19/h2-14,17H,15-16,18H2,1H3,(H,27,31)(H,28,30). The van der Waals surface area contributed by atoms with Crippen LogP contribution in [-0.4, -0.2) is 36.6 Å². The van der Waals surface area contributed by atoms with Gasteiger partial charge in [0.2, 0.25) is 5.91 Å². The second-order valence-electron chi connectivity index (χ2n) is 7.45. The van der Waals surface area contributed by atoms with Gasteiger partial charge in [0.05, 0.1) is 13.2 Å². The maximum absolute atomic E-state index is 12.4. The summed E-state index contributed by atoms with van der Waals surface area (Å²) in [6.45, 7) is 1.30. The number of aromatic nitrogens is 1. The molecule has 32 heavy (non-hydrogen) atoms. The van der Waals surface area contributed by atoms with Crippen molar-refractivity contribution < 1.29 is 14.3 Å². The Bertz CT molecular complexity index is 1210. The topological polar surface area (TPSA) is 72.4 Å². The smallest absolute Gasteiger partial charge is 0.251 e. The second-order valence-corrected chi connectivity index (χ2v) is 7.45. The van der Waals surface area contributed by atoms with E-state index >= 15 is 0 Å². The predicted molar refractivity (Wildman–Crippen MR) is 127 cm³/mol. The van der Waals surface area contributed by atoms with Crippen LogP contribution in [0.1, 0.15) is 10.4 Å². The molecule has 6 nitrogen and oxygen atoms in total. The third kappa shape index (κ3) is 5.04. The van der Waals surface area contributed by atoms with Crippen molar-refractivity contribution >= 4 is 28.4 Å². The Balaban J connectivity index is 1.32. The largest absolute Gasteiger partial charge is 0.383 e. The summed E-state index contributed by atoms with van der Waals surface area (Å²) in [6.07, 6.45) is 2.00. The minimum absolute atomic E-state index is 0.105. The molecule has 0 spiro atoms. The lowest BCUT2D eigenvalue weighted by Crippen LogP contribution is -2.32. The molecule has 1 aromatic heterocycles. The zero-order chi connectivity index (χ0) is 22.3. The number of carbonyl (C=O) groups is 2. The molecule has 4 aromatic rings. The molecule has 3 aromatic carbocycles. The number of rotatable bonds is 8. The molecule has 0 bridgehead atoms. The van der Waals surface area contributed by atoms with Gasteiger partial charge in [0.25, 0.3) is 5.91 Å². The fraction of sp³-hybridized carbons (Fsp3) is 0.154. The van der Waals surface area contributed by atoms with Gasteiger partial charge in [-0.1, -0.05) is 42.5 Å². The van der Waals surface area contributed by atoms with Crippen LogP contribution in [0.5, 0.6) is 0 Å². The first-order valence-corrected chi connectivity index (χ1v) is 10.5. The fourth-order valence-corrected chi connectivity index (χ4v) is 3.57. The van der Waals surface area contributed by atoms with Gasteiger partial charge in [-0.25, -0.2) is 0 Å². The van der Waals surface area contributed by atoms with Crippen LogP contribution in [0.2, 0.25) is 0 Å². The van der Waals surface area contributed by atoms with E-state index in [0.29, 0.717) is 17.9 Å². The van der Waals surface area contributed by atoms with Gasteiger partial charge in [-0.15, -0.1) is 0 Å². The Morgan fingerprint density at radius 3 is 2.41 bits per heavy atom. The summed E-state index contributed by atoms with van der Waals surface area (Å²) < 4.78 is 7.24. The molecule has 0 aliphatic heterocycles. The maximum Gasteiger partial charge on any atom is 0.251 e. The molecule has 0 atom stereocenters. The highest BCUT2D eigenvalue weighted by molar-refractivity contribution is 6.00. The molecule has 0 fully saturated rings. The molecule has 2 amide bonds. The molecular formula is C26H25N3O3. The van der Waals surface area contributed by atoms with Crippen molar-refractivity contribution in [3.63, 3.8) is 0 Å². The van der Waals surface area contributed by atoms with Crippen LogP contribution in [0.3, 0.4) is 0 Å². The first-order valence-electron chi connectivity index (χ1n) is 10.5. The van der Waals surface area contributed by atoms with E-state index in [4.69, 9.17) is 4.74 Å². The van der Waals surface area contributed by atoms with Gasteiger partial charge >= 0.3 is 0 Å². The average Bonchev–Trinajstić information content (AvgIpc) is 3.24. The molecular weight excluding hydrogens is 402 g/mol. The van der Waals surface area contributed by atoms with Crippen LogP contribution in [0.25, 0.3) is 22.0 Å². The molecule has 4 rings (SSSR count). The van der Waals surface area contributed by atoms with Gasteiger partial charge in [-0.2, -0.15) is 0 Å². The maximum atomic E-state index is 12.4. The van der Waals surface area contributed by atoms with Crippen molar-refractivity contribution in [3.05, 3.63) is 90.6 Å². The number of nitrogens with one attached hydrogen (secondary N) is 2. The van der Waals surface area contributed by atoms with Crippen LogP contribution in [0.4, 0.5) is 5.69 Å². The lowest BCUT2D eigenvalue weighted by atomic mass is 10.0. The number of fused-ring (bicyclic) bond motifs is 1. The molecule has 0 radical (unpaired) electrons. The molecule has 0 saturated carbocycles. The van der Waals surface area contributed by atoms with E-state index in [1.165, 1.54) is 0 Å². The molecule has 0 aliphatic rings. The lowest BCUT2D eigenvalue weighted by Gasteiger charge is -2.09. The number of anilines is 1. The SMILES string of the molecule is COCCn1ccc2cc(NC(=O)CNC(=O)c3ccc(-c4ccccc4)cc3)ccc21.